The number of halogens is 2. The van der Waals surface area contributed by atoms with Crippen LogP contribution in [0, 0.1) is 5.92 Å². The van der Waals surface area contributed by atoms with Crippen LogP contribution in [0.1, 0.15) is 31.1 Å². The predicted molar refractivity (Wildman–Crippen MR) is 100 cm³/mol. The molecule has 2 heterocycles. The van der Waals surface area contributed by atoms with E-state index in [-0.39, 0.29) is 11.9 Å². The summed E-state index contributed by atoms with van der Waals surface area (Å²) in [5.41, 5.74) is 2.55. The molecule has 0 saturated heterocycles. The first kappa shape index (κ1) is 17.7. The first-order chi connectivity index (χ1) is 11.9. The molecule has 1 atom stereocenters. The maximum Gasteiger partial charge on any atom is 0.256 e. The molecule has 7 heteroatoms. The third-order valence-corrected chi connectivity index (χ3v) is 4.96. The summed E-state index contributed by atoms with van der Waals surface area (Å²) in [5, 5.41) is 8.26. The second-order valence-electron chi connectivity index (χ2n) is 6.26. The second kappa shape index (κ2) is 7.02. The van der Waals surface area contributed by atoms with E-state index in [4.69, 9.17) is 23.2 Å². The molecule has 3 rings (SSSR count). The number of carbonyl (C=O) groups excluding carboxylic acids is 1. The highest BCUT2D eigenvalue weighted by Crippen LogP contribution is 2.28. The number of hydrogen-bond donors (Lipinski definition) is 1. The van der Waals surface area contributed by atoms with Gasteiger partial charge in [-0.15, -0.1) is 0 Å². The molecule has 0 aliphatic heterocycles. The molecule has 2 aromatic heterocycles. The maximum atomic E-state index is 12.5. The van der Waals surface area contributed by atoms with E-state index < -0.39 is 0 Å². The van der Waals surface area contributed by atoms with Crippen LogP contribution in [0.15, 0.2) is 36.7 Å². The summed E-state index contributed by atoms with van der Waals surface area (Å²) >= 11 is 12.1. The molecule has 0 saturated carbocycles. The fraction of sp³-hybridized carbons (Fsp3) is 0.278. The lowest BCUT2D eigenvalue weighted by molar-refractivity contribution is 0.0932. The number of carbonyl (C=O) groups is 1. The maximum absolute atomic E-state index is 12.5. The molecule has 0 spiro atoms. The van der Waals surface area contributed by atoms with Gasteiger partial charge >= 0.3 is 0 Å². The van der Waals surface area contributed by atoms with Gasteiger partial charge in [-0.3, -0.25) is 4.79 Å². The Morgan fingerprint density at radius 1 is 1.16 bits per heavy atom. The van der Waals surface area contributed by atoms with Crippen LogP contribution in [0.3, 0.4) is 0 Å². The van der Waals surface area contributed by atoms with Crippen molar-refractivity contribution in [2.24, 2.45) is 5.92 Å². The van der Waals surface area contributed by atoms with Gasteiger partial charge in [-0.2, -0.15) is 5.10 Å². The third-order valence-electron chi connectivity index (χ3n) is 4.22. The standard InChI is InChI=1S/C18H18Cl2N4O/c1-10(2)11(3)23-18(25)13-9-22-24-16(6-7-21-17(13)24)12-4-5-14(19)15(20)8-12/h4-11H,1-3H3,(H,23,25). The van der Waals surface area contributed by atoms with Crippen LogP contribution >= 0.6 is 23.2 Å². The minimum atomic E-state index is -0.185. The number of fused-ring (bicyclic) bond motifs is 1. The van der Waals surface area contributed by atoms with Gasteiger partial charge in [0.05, 0.1) is 21.9 Å². The third kappa shape index (κ3) is 3.48. The summed E-state index contributed by atoms with van der Waals surface area (Å²) < 4.78 is 1.63. The first-order valence-electron chi connectivity index (χ1n) is 7.97. The van der Waals surface area contributed by atoms with Crippen molar-refractivity contribution in [1.29, 1.82) is 0 Å². The summed E-state index contributed by atoms with van der Waals surface area (Å²) in [6.45, 7) is 6.09. The summed E-state index contributed by atoms with van der Waals surface area (Å²) in [4.78, 5) is 16.9. The van der Waals surface area contributed by atoms with Gasteiger partial charge in [0.25, 0.3) is 5.91 Å². The minimum Gasteiger partial charge on any atom is -0.349 e. The van der Waals surface area contributed by atoms with Crippen LogP contribution in [0.2, 0.25) is 10.0 Å². The fourth-order valence-corrected chi connectivity index (χ4v) is 2.68. The molecule has 3 aromatic rings. The molecule has 5 nitrogen and oxygen atoms in total. The van der Waals surface area contributed by atoms with Gasteiger partial charge in [-0.05, 0) is 31.0 Å². The van der Waals surface area contributed by atoms with Crippen LogP contribution in [-0.2, 0) is 0 Å². The van der Waals surface area contributed by atoms with Crippen molar-refractivity contribution >= 4 is 34.8 Å². The molecule has 0 fully saturated rings. The van der Waals surface area contributed by atoms with Crippen LogP contribution in [0.5, 0.6) is 0 Å². The number of rotatable bonds is 4. The van der Waals surface area contributed by atoms with E-state index in [1.54, 1.807) is 22.8 Å². The molecule has 0 bridgehead atoms. The van der Waals surface area contributed by atoms with E-state index in [2.05, 4.69) is 29.2 Å². The van der Waals surface area contributed by atoms with Gasteiger partial charge in [0.15, 0.2) is 5.65 Å². The Kier molecular flexibility index (Phi) is 4.97. The largest absolute Gasteiger partial charge is 0.349 e. The van der Waals surface area contributed by atoms with Gasteiger partial charge in [0.2, 0.25) is 0 Å². The Bertz CT molecular complexity index is 936. The van der Waals surface area contributed by atoms with E-state index in [1.165, 1.54) is 6.20 Å². The zero-order chi connectivity index (χ0) is 18.1. The van der Waals surface area contributed by atoms with E-state index >= 15 is 0 Å². The smallest absolute Gasteiger partial charge is 0.256 e. The average molecular weight is 377 g/mol. The van der Waals surface area contributed by atoms with Gasteiger partial charge in [-0.1, -0.05) is 43.1 Å². The molecule has 1 aromatic carbocycles. The molecule has 1 N–H and O–H groups in total. The first-order valence-corrected chi connectivity index (χ1v) is 8.73. The summed E-state index contributed by atoms with van der Waals surface area (Å²) in [6.07, 6.45) is 3.18. The van der Waals surface area contributed by atoms with Gasteiger partial charge < -0.3 is 5.32 Å². The van der Waals surface area contributed by atoms with Crippen molar-refractivity contribution in [2.75, 3.05) is 0 Å². The van der Waals surface area contributed by atoms with Crippen molar-refractivity contribution in [3.63, 3.8) is 0 Å². The number of benzene rings is 1. The average Bonchev–Trinajstić information content (AvgIpc) is 3.01. The Labute approximate surface area is 156 Å². The lowest BCUT2D eigenvalue weighted by Gasteiger charge is -2.16. The Balaban J connectivity index is 2.03. The van der Waals surface area contributed by atoms with Gasteiger partial charge in [0.1, 0.15) is 5.56 Å². The Morgan fingerprint density at radius 2 is 1.92 bits per heavy atom. The monoisotopic (exact) mass is 376 g/mol. The molecule has 1 unspecified atom stereocenters. The lowest BCUT2D eigenvalue weighted by atomic mass is 10.1. The van der Waals surface area contributed by atoms with Gasteiger partial charge in [0, 0.05) is 17.8 Å². The summed E-state index contributed by atoms with van der Waals surface area (Å²) in [5.74, 6) is 0.153. The van der Waals surface area contributed by atoms with E-state index in [0.29, 0.717) is 27.2 Å². The lowest BCUT2D eigenvalue weighted by Crippen LogP contribution is -2.36. The summed E-state index contributed by atoms with van der Waals surface area (Å²) in [7, 11) is 0. The van der Waals surface area contributed by atoms with Crippen molar-refractivity contribution in [3.05, 3.63) is 52.3 Å². The van der Waals surface area contributed by atoms with Crippen LogP contribution in [0.25, 0.3) is 16.9 Å². The molecule has 0 aliphatic rings. The Morgan fingerprint density at radius 3 is 2.60 bits per heavy atom. The number of hydrogen-bond acceptors (Lipinski definition) is 3. The van der Waals surface area contributed by atoms with E-state index in [0.717, 1.165) is 11.3 Å². The van der Waals surface area contributed by atoms with Crippen molar-refractivity contribution in [3.8, 4) is 11.3 Å². The van der Waals surface area contributed by atoms with Crippen molar-refractivity contribution in [2.45, 2.75) is 26.8 Å². The van der Waals surface area contributed by atoms with Crippen LogP contribution in [0.4, 0.5) is 0 Å². The zero-order valence-corrected chi connectivity index (χ0v) is 15.6. The number of nitrogens with one attached hydrogen (secondary N) is 1. The number of nitrogens with zero attached hydrogens (tertiary/aromatic N) is 3. The molecule has 0 aliphatic carbocycles. The number of aromatic nitrogens is 3. The second-order valence-corrected chi connectivity index (χ2v) is 7.07. The van der Waals surface area contributed by atoms with Gasteiger partial charge in [-0.25, -0.2) is 9.50 Å². The zero-order valence-electron chi connectivity index (χ0n) is 14.1. The highest BCUT2D eigenvalue weighted by atomic mass is 35.5. The topological polar surface area (TPSA) is 59.3 Å². The van der Waals surface area contributed by atoms with Crippen LogP contribution in [-0.4, -0.2) is 26.5 Å². The SMILES string of the molecule is CC(C)C(C)NC(=O)c1cnn2c(-c3ccc(Cl)c(Cl)c3)ccnc12. The van der Waals surface area contributed by atoms with Crippen molar-refractivity contribution in [1.82, 2.24) is 19.9 Å². The fourth-order valence-electron chi connectivity index (χ4n) is 2.38. The predicted octanol–water partition coefficient (Wildman–Crippen LogP) is 4.48. The van der Waals surface area contributed by atoms with E-state index in [1.807, 2.05) is 19.1 Å². The molecular formula is C18H18Cl2N4O. The van der Waals surface area contributed by atoms with Crippen LogP contribution < -0.4 is 5.32 Å². The normalized spacial score (nSPS) is 12.6. The quantitative estimate of drug-likeness (QED) is 0.730. The molecule has 25 heavy (non-hydrogen) atoms. The summed E-state index contributed by atoms with van der Waals surface area (Å²) in [6, 6.07) is 7.22. The number of amides is 1. The highest BCUT2D eigenvalue weighted by molar-refractivity contribution is 6.42. The molecule has 130 valence electrons. The van der Waals surface area contributed by atoms with Crippen molar-refractivity contribution < 1.29 is 4.79 Å². The Hall–Kier alpha value is -2.11. The molecule has 1 amide bonds. The highest BCUT2D eigenvalue weighted by Gasteiger charge is 2.19. The van der Waals surface area contributed by atoms with E-state index in [9.17, 15) is 4.79 Å². The minimum absolute atomic E-state index is 0.0562. The molecular weight excluding hydrogens is 359 g/mol. The molecule has 0 radical (unpaired) electrons.